The van der Waals surface area contributed by atoms with E-state index in [0.717, 1.165) is 22.4 Å². The van der Waals surface area contributed by atoms with E-state index in [4.69, 9.17) is 16.3 Å². The van der Waals surface area contributed by atoms with Gasteiger partial charge >= 0.3 is 0 Å². The van der Waals surface area contributed by atoms with Crippen molar-refractivity contribution in [2.75, 3.05) is 12.4 Å². The minimum absolute atomic E-state index is 0.215. The standard InChI is InChI=1S/C22H18ClN3O2/c1-13-3-9-18-19(11-13)26-21(25-18)14-4-6-15(7-5-14)22(27)24-16-8-10-20(28-2)17(23)12-16/h3-12H,1-2H3,(H,24,27)(H,25,26). The molecule has 1 aromatic heterocycles. The Kier molecular flexibility index (Phi) is 4.75. The van der Waals surface area contributed by atoms with Gasteiger partial charge in [-0.15, -0.1) is 0 Å². The molecule has 2 N–H and O–H groups in total. The number of aromatic nitrogens is 2. The maximum atomic E-state index is 12.5. The number of benzene rings is 3. The normalized spacial score (nSPS) is 10.8. The van der Waals surface area contributed by atoms with Crippen LogP contribution in [0, 0.1) is 6.92 Å². The quantitative estimate of drug-likeness (QED) is 0.486. The second kappa shape index (κ2) is 7.37. The van der Waals surface area contributed by atoms with Gasteiger partial charge in [-0.2, -0.15) is 0 Å². The Labute approximate surface area is 167 Å². The lowest BCUT2D eigenvalue weighted by Gasteiger charge is -2.08. The smallest absolute Gasteiger partial charge is 0.255 e. The molecular formula is C22H18ClN3O2. The SMILES string of the molecule is COc1ccc(NC(=O)c2ccc(-c3nc4ccc(C)cc4[nH]3)cc2)cc1Cl. The van der Waals surface area contributed by atoms with Crippen molar-refractivity contribution in [3.8, 4) is 17.1 Å². The van der Waals surface area contributed by atoms with Crippen LogP contribution in [0.2, 0.25) is 5.02 Å². The number of aryl methyl sites for hydroxylation is 1. The molecule has 3 aromatic carbocycles. The molecule has 0 aliphatic rings. The monoisotopic (exact) mass is 391 g/mol. The zero-order valence-electron chi connectivity index (χ0n) is 15.4. The van der Waals surface area contributed by atoms with Crippen LogP contribution in [-0.2, 0) is 0 Å². The molecule has 4 rings (SSSR count). The predicted molar refractivity (Wildman–Crippen MR) is 112 cm³/mol. The molecule has 0 spiro atoms. The molecule has 0 radical (unpaired) electrons. The Hall–Kier alpha value is -3.31. The van der Waals surface area contributed by atoms with E-state index in [2.05, 4.69) is 21.4 Å². The molecule has 140 valence electrons. The molecule has 0 aliphatic heterocycles. The number of rotatable bonds is 4. The molecule has 5 nitrogen and oxygen atoms in total. The molecule has 0 saturated heterocycles. The van der Waals surface area contributed by atoms with Crippen molar-refractivity contribution in [1.29, 1.82) is 0 Å². The lowest BCUT2D eigenvalue weighted by Crippen LogP contribution is -2.11. The number of imidazole rings is 1. The van der Waals surface area contributed by atoms with E-state index < -0.39 is 0 Å². The molecule has 1 amide bonds. The van der Waals surface area contributed by atoms with Crippen LogP contribution in [0.3, 0.4) is 0 Å². The molecule has 28 heavy (non-hydrogen) atoms. The summed E-state index contributed by atoms with van der Waals surface area (Å²) in [4.78, 5) is 20.4. The fourth-order valence-electron chi connectivity index (χ4n) is 2.99. The van der Waals surface area contributed by atoms with Crippen LogP contribution in [0.5, 0.6) is 5.75 Å². The summed E-state index contributed by atoms with van der Waals surface area (Å²) in [5.41, 5.74) is 5.15. The fourth-order valence-corrected chi connectivity index (χ4v) is 3.24. The number of amides is 1. The third-order valence-electron chi connectivity index (χ3n) is 4.47. The van der Waals surface area contributed by atoms with Crippen molar-refractivity contribution in [2.45, 2.75) is 6.92 Å². The third kappa shape index (κ3) is 3.57. The van der Waals surface area contributed by atoms with Gasteiger partial charge in [-0.1, -0.05) is 29.8 Å². The number of methoxy groups -OCH3 is 1. The lowest BCUT2D eigenvalue weighted by molar-refractivity contribution is 0.102. The zero-order valence-corrected chi connectivity index (χ0v) is 16.2. The Morgan fingerprint density at radius 1 is 1.07 bits per heavy atom. The summed E-state index contributed by atoms with van der Waals surface area (Å²) >= 11 is 6.10. The number of halogens is 1. The van der Waals surface area contributed by atoms with Crippen molar-refractivity contribution in [1.82, 2.24) is 9.97 Å². The summed E-state index contributed by atoms with van der Waals surface area (Å²) in [7, 11) is 1.55. The minimum atomic E-state index is -0.215. The van der Waals surface area contributed by atoms with Crippen molar-refractivity contribution in [3.05, 3.63) is 76.8 Å². The fraction of sp³-hybridized carbons (Fsp3) is 0.0909. The number of hydrogen-bond donors (Lipinski definition) is 2. The maximum absolute atomic E-state index is 12.5. The van der Waals surface area contributed by atoms with E-state index in [1.807, 2.05) is 31.2 Å². The molecule has 0 atom stereocenters. The molecule has 0 unspecified atom stereocenters. The second-order valence-corrected chi connectivity index (χ2v) is 6.89. The van der Waals surface area contributed by atoms with Crippen LogP contribution < -0.4 is 10.1 Å². The van der Waals surface area contributed by atoms with Gasteiger partial charge in [0, 0.05) is 16.8 Å². The van der Waals surface area contributed by atoms with Gasteiger partial charge in [0.2, 0.25) is 0 Å². The molecule has 0 bridgehead atoms. The van der Waals surface area contributed by atoms with Crippen molar-refractivity contribution in [2.24, 2.45) is 0 Å². The number of carbonyl (C=O) groups is 1. The Bertz CT molecular complexity index is 1170. The molecular weight excluding hydrogens is 374 g/mol. The number of nitrogens with one attached hydrogen (secondary N) is 2. The van der Waals surface area contributed by atoms with Gasteiger partial charge in [0.15, 0.2) is 0 Å². The molecule has 6 heteroatoms. The first kappa shape index (κ1) is 18.1. The third-order valence-corrected chi connectivity index (χ3v) is 4.76. The minimum Gasteiger partial charge on any atom is -0.495 e. The van der Waals surface area contributed by atoms with Crippen molar-refractivity contribution in [3.63, 3.8) is 0 Å². The van der Waals surface area contributed by atoms with Crippen molar-refractivity contribution >= 4 is 34.2 Å². The summed E-state index contributed by atoms with van der Waals surface area (Å²) in [6, 6.07) is 18.5. The number of aromatic amines is 1. The summed E-state index contributed by atoms with van der Waals surface area (Å²) in [6.07, 6.45) is 0. The Morgan fingerprint density at radius 2 is 1.86 bits per heavy atom. The second-order valence-electron chi connectivity index (χ2n) is 6.49. The summed E-state index contributed by atoms with van der Waals surface area (Å²) in [5, 5.41) is 3.28. The molecule has 1 heterocycles. The van der Waals surface area contributed by atoms with Crippen LogP contribution in [0.15, 0.2) is 60.7 Å². The highest BCUT2D eigenvalue weighted by Gasteiger charge is 2.10. The van der Waals surface area contributed by atoms with Crippen LogP contribution >= 0.6 is 11.6 Å². The number of anilines is 1. The first-order valence-corrected chi connectivity index (χ1v) is 9.13. The number of carbonyl (C=O) groups excluding carboxylic acids is 1. The van der Waals surface area contributed by atoms with E-state index in [9.17, 15) is 4.79 Å². The van der Waals surface area contributed by atoms with E-state index in [0.29, 0.717) is 22.0 Å². The van der Waals surface area contributed by atoms with Crippen molar-refractivity contribution < 1.29 is 9.53 Å². The van der Waals surface area contributed by atoms with Crippen LogP contribution in [0.25, 0.3) is 22.4 Å². The van der Waals surface area contributed by atoms with Gasteiger partial charge in [0.05, 0.1) is 23.2 Å². The summed E-state index contributed by atoms with van der Waals surface area (Å²) in [5.74, 6) is 1.12. The number of fused-ring (bicyclic) bond motifs is 1. The van der Waals surface area contributed by atoms with Gasteiger partial charge in [-0.25, -0.2) is 4.98 Å². The van der Waals surface area contributed by atoms with E-state index in [-0.39, 0.29) is 5.91 Å². The lowest BCUT2D eigenvalue weighted by atomic mass is 10.1. The van der Waals surface area contributed by atoms with Gasteiger partial charge in [0.25, 0.3) is 5.91 Å². The van der Waals surface area contributed by atoms with Gasteiger partial charge in [0.1, 0.15) is 11.6 Å². The highest BCUT2D eigenvalue weighted by molar-refractivity contribution is 6.32. The van der Waals surface area contributed by atoms with Gasteiger partial charge in [-0.05, 0) is 55.0 Å². The molecule has 0 saturated carbocycles. The Morgan fingerprint density at radius 3 is 2.57 bits per heavy atom. The van der Waals surface area contributed by atoms with Crippen LogP contribution in [0.4, 0.5) is 5.69 Å². The number of hydrogen-bond acceptors (Lipinski definition) is 3. The number of H-pyrrole nitrogens is 1. The predicted octanol–water partition coefficient (Wildman–Crippen LogP) is 5.45. The average molecular weight is 392 g/mol. The van der Waals surface area contributed by atoms with Gasteiger partial charge < -0.3 is 15.0 Å². The first-order chi connectivity index (χ1) is 13.5. The first-order valence-electron chi connectivity index (χ1n) is 8.75. The maximum Gasteiger partial charge on any atom is 0.255 e. The molecule has 4 aromatic rings. The molecule has 0 aliphatic carbocycles. The average Bonchev–Trinajstić information content (AvgIpc) is 3.11. The van der Waals surface area contributed by atoms with E-state index >= 15 is 0 Å². The summed E-state index contributed by atoms with van der Waals surface area (Å²) in [6.45, 7) is 2.04. The largest absolute Gasteiger partial charge is 0.495 e. The highest BCUT2D eigenvalue weighted by atomic mass is 35.5. The zero-order chi connectivity index (χ0) is 19.7. The van der Waals surface area contributed by atoms with Gasteiger partial charge in [-0.3, -0.25) is 4.79 Å². The summed E-state index contributed by atoms with van der Waals surface area (Å²) < 4.78 is 5.12. The van der Waals surface area contributed by atoms with Crippen LogP contribution in [-0.4, -0.2) is 23.0 Å². The van der Waals surface area contributed by atoms with Crippen LogP contribution in [0.1, 0.15) is 15.9 Å². The topological polar surface area (TPSA) is 67.0 Å². The van der Waals surface area contributed by atoms with E-state index in [1.165, 1.54) is 5.56 Å². The highest BCUT2D eigenvalue weighted by Crippen LogP contribution is 2.27. The number of nitrogens with zero attached hydrogens (tertiary/aromatic N) is 1. The Balaban J connectivity index is 1.53. The molecule has 0 fully saturated rings. The number of ether oxygens (including phenoxy) is 1. The van der Waals surface area contributed by atoms with E-state index in [1.54, 1.807) is 37.4 Å².